The molecule has 1 atom stereocenters. The zero-order chi connectivity index (χ0) is 15.6. The molecule has 0 bridgehead atoms. The third-order valence-electron chi connectivity index (χ3n) is 3.08. The number of nitrogen functional groups attached to an aromatic ring is 1. The summed E-state index contributed by atoms with van der Waals surface area (Å²) < 4.78 is 15.0. The quantitative estimate of drug-likeness (QED) is 0.632. The molecule has 2 rings (SSSR count). The summed E-state index contributed by atoms with van der Waals surface area (Å²) in [6.45, 7) is 1.08. The van der Waals surface area contributed by atoms with Crippen LogP contribution in [0.1, 0.15) is 5.69 Å². The molecule has 21 heavy (non-hydrogen) atoms. The first-order valence-corrected chi connectivity index (χ1v) is 8.31. The largest absolute Gasteiger partial charge is 0.424 e. The molecule has 2 N–H and O–H groups in total. The average Bonchev–Trinajstić information content (AvgIpc) is 2.35. The van der Waals surface area contributed by atoms with Gasteiger partial charge in [0.2, 0.25) is 5.95 Å². The fraction of sp³-hybridized carbons (Fsp3) is 0.500. The zero-order valence-corrected chi connectivity index (χ0v) is 13.4. The smallest absolute Gasteiger partial charge is 0.368 e. The van der Waals surface area contributed by atoms with E-state index in [9.17, 15) is 9.00 Å². The highest BCUT2D eigenvalue weighted by Crippen LogP contribution is 2.23. The molecule has 1 aliphatic rings. The van der Waals surface area contributed by atoms with E-state index in [1.165, 1.54) is 4.90 Å². The van der Waals surface area contributed by atoms with Gasteiger partial charge in [0.25, 0.3) is 0 Å². The lowest BCUT2D eigenvalue weighted by Crippen LogP contribution is -2.60. The van der Waals surface area contributed by atoms with E-state index in [0.29, 0.717) is 24.6 Å². The molecule has 1 aliphatic heterocycles. The maximum atomic E-state index is 11.5. The zero-order valence-electron chi connectivity index (χ0n) is 11.0. The second-order valence-corrected chi connectivity index (χ2v) is 6.00. The summed E-state index contributed by atoms with van der Waals surface area (Å²) in [5.41, 5.74) is 6.24. The van der Waals surface area contributed by atoms with Gasteiger partial charge in [0.05, 0.1) is 17.6 Å². The van der Waals surface area contributed by atoms with Gasteiger partial charge in [-0.1, -0.05) is 0 Å². The molecule has 1 aromatic heterocycles. The van der Waals surface area contributed by atoms with Crippen LogP contribution in [0.2, 0.25) is 0 Å². The predicted molar refractivity (Wildman–Crippen MR) is 80.2 cm³/mol. The van der Waals surface area contributed by atoms with E-state index in [1.54, 1.807) is 13.1 Å². The van der Waals surface area contributed by atoms with Gasteiger partial charge in [-0.05, 0) is 0 Å². The topological polar surface area (TPSA) is 102 Å². The number of hydrogen-bond acceptors (Lipinski definition) is 7. The second kappa shape index (κ2) is 6.63. The molecule has 11 heteroatoms. The van der Waals surface area contributed by atoms with E-state index in [-0.39, 0.29) is 17.9 Å². The van der Waals surface area contributed by atoms with Crippen LogP contribution in [-0.4, -0.2) is 51.3 Å². The van der Waals surface area contributed by atoms with E-state index in [0.717, 1.165) is 0 Å². The normalized spacial score (nSPS) is 16.2. The molecule has 0 saturated carbocycles. The number of anilines is 2. The minimum atomic E-state index is -2.15. The molecular weight excluding hydrogens is 341 g/mol. The second-order valence-electron chi connectivity index (χ2n) is 4.42. The number of aromatic nitrogens is 2. The first kappa shape index (κ1) is 16.1. The molecule has 0 spiro atoms. The van der Waals surface area contributed by atoms with Crippen LogP contribution >= 0.6 is 22.3 Å². The summed E-state index contributed by atoms with van der Waals surface area (Å²) in [5.74, 6) is 1.04. The number of amides is 1. The van der Waals surface area contributed by atoms with E-state index >= 15 is 0 Å². The van der Waals surface area contributed by atoms with Gasteiger partial charge < -0.3 is 19.7 Å². The molecule has 2 heterocycles. The molecule has 116 valence electrons. The molecule has 0 aliphatic carbocycles. The van der Waals surface area contributed by atoms with Crippen molar-refractivity contribution >= 4 is 50.4 Å². The van der Waals surface area contributed by atoms with Gasteiger partial charge in [0, 0.05) is 36.9 Å². The van der Waals surface area contributed by atoms with E-state index in [4.69, 9.17) is 28.0 Å². The SMILES string of the molecule is CN(C(=O)OS(=O)Cl)C1CN(c2cc(CCl)nc(N)n2)C1. The Kier molecular flexibility index (Phi) is 5.07. The van der Waals surface area contributed by atoms with Crippen LogP contribution in [0.25, 0.3) is 0 Å². The number of alkyl halides is 1. The minimum Gasteiger partial charge on any atom is -0.368 e. The van der Waals surface area contributed by atoms with Gasteiger partial charge in [0.1, 0.15) is 5.82 Å². The Labute approximate surface area is 133 Å². The summed E-state index contributed by atoms with van der Waals surface area (Å²) >= 11 is 5.73. The van der Waals surface area contributed by atoms with Crippen LogP contribution in [0, 0.1) is 0 Å². The van der Waals surface area contributed by atoms with Crippen molar-refractivity contribution < 1.29 is 13.2 Å². The minimum absolute atomic E-state index is 0.0895. The van der Waals surface area contributed by atoms with Crippen LogP contribution in [0.4, 0.5) is 16.6 Å². The van der Waals surface area contributed by atoms with Crippen molar-refractivity contribution in [2.75, 3.05) is 30.8 Å². The highest BCUT2D eigenvalue weighted by molar-refractivity contribution is 8.04. The van der Waals surface area contributed by atoms with Crippen molar-refractivity contribution in [2.45, 2.75) is 11.9 Å². The third kappa shape index (κ3) is 3.86. The van der Waals surface area contributed by atoms with Gasteiger partial charge in [0.15, 0.2) is 0 Å². The van der Waals surface area contributed by atoms with Crippen LogP contribution in [-0.2, 0) is 20.4 Å². The molecule has 8 nitrogen and oxygen atoms in total. The fourth-order valence-electron chi connectivity index (χ4n) is 1.88. The van der Waals surface area contributed by atoms with Gasteiger partial charge in [-0.2, -0.15) is 9.19 Å². The van der Waals surface area contributed by atoms with Gasteiger partial charge in [-0.25, -0.2) is 9.78 Å². The summed E-state index contributed by atoms with van der Waals surface area (Å²) in [6.07, 6.45) is -0.739. The Morgan fingerprint density at radius 2 is 2.29 bits per heavy atom. The summed E-state index contributed by atoms with van der Waals surface area (Å²) in [6, 6.07) is 1.65. The fourth-order valence-corrected chi connectivity index (χ4v) is 2.41. The highest BCUT2D eigenvalue weighted by atomic mass is 35.7. The van der Waals surface area contributed by atoms with Crippen molar-refractivity contribution in [1.82, 2.24) is 14.9 Å². The number of nitrogens with zero attached hydrogens (tertiary/aromatic N) is 4. The van der Waals surface area contributed by atoms with E-state index in [1.807, 2.05) is 4.90 Å². The Hall–Kier alpha value is -1.32. The van der Waals surface area contributed by atoms with E-state index in [2.05, 4.69) is 14.2 Å². The Bertz CT molecular complexity index is 570. The molecule has 1 saturated heterocycles. The maximum Gasteiger partial charge on any atom is 0.424 e. The highest BCUT2D eigenvalue weighted by Gasteiger charge is 2.34. The van der Waals surface area contributed by atoms with Crippen molar-refractivity contribution in [2.24, 2.45) is 0 Å². The standard InChI is InChI=1S/C10H13Cl2N5O3S/c1-16(10(18)20-21(12)19)7-4-17(5-7)8-2-6(3-11)14-9(13)15-8/h2,7H,3-5H2,1H3,(H2,13,14,15). The van der Waals surface area contributed by atoms with Crippen LogP contribution in [0.3, 0.4) is 0 Å². The Morgan fingerprint density at radius 1 is 1.62 bits per heavy atom. The van der Waals surface area contributed by atoms with Gasteiger partial charge in [-0.3, -0.25) is 0 Å². The van der Waals surface area contributed by atoms with Crippen molar-refractivity contribution in [3.63, 3.8) is 0 Å². The molecule has 1 fully saturated rings. The first-order chi connectivity index (χ1) is 9.90. The third-order valence-corrected chi connectivity index (χ3v) is 3.82. The molecular formula is C10H13Cl2N5O3S. The van der Waals surface area contributed by atoms with Gasteiger partial charge >= 0.3 is 16.4 Å². The monoisotopic (exact) mass is 353 g/mol. The number of hydrogen-bond donors (Lipinski definition) is 1. The molecule has 0 aromatic carbocycles. The number of carbonyl (C=O) groups excluding carboxylic acids is 1. The molecule has 1 aromatic rings. The number of rotatable bonds is 4. The number of halogens is 2. The summed E-state index contributed by atoms with van der Waals surface area (Å²) in [5, 5.41) is 0. The maximum absolute atomic E-state index is 11.5. The summed E-state index contributed by atoms with van der Waals surface area (Å²) in [4.78, 5) is 22.9. The van der Waals surface area contributed by atoms with Crippen molar-refractivity contribution in [3.05, 3.63) is 11.8 Å². The predicted octanol–water partition coefficient (Wildman–Crippen LogP) is 0.872. The average molecular weight is 354 g/mol. The lowest BCUT2D eigenvalue weighted by Gasteiger charge is -2.43. The summed E-state index contributed by atoms with van der Waals surface area (Å²) in [7, 11) is 4.51. The number of carbonyl (C=O) groups is 1. The molecule has 1 amide bonds. The number of likely N-dealkylation sites (N-methyl/N-ethyl adjacent to an activating group) is 1. The van der Waals surface area contributed by atoms with Crippen LogP contribution < -0.4 is 10.6 Å². The van der Waals surface area contributed by atoms with E-state index < -0.39 is 16.4 Å². The van der Waals surface area contributed by atoms with Crippen LogP contribution in [0.5, 0.6) is 0 Å². The van der Waals surface area contributed by atoms with Crippen LogP contribution in [0.15, 0.2) is 6.07 Å². The van der Waals surface area contributed by atoms with Crippen molar-refractivity contribution in [1.29, 1.82) is 0 Å². The lowest BCUT2D eigenvalue weighted by atomic mass is 10.1. The van der Waals surface area contributed by atoms with Crippen molar-refractivity contribution in [3.8, 4) is 0 Å². The van der Waals surface area contributed by atoms with Gasteiger partial charge in [-0.15, -0.1) is 11.6 Å². The lowest BCUT2D eigenvalue weighted by molar-refractivity contribution is 0.142. The molecule has 1 unspecified atom stereocenters. The first-order valence-electron chi connectivity index (χ1n) is 5.88. The Balaban J connectivity index is 1.96. The molecule has 0 radical (unpaired) electrons. The Morgan fingerprint density at radius 3 is 2.86 bits per heavy atom. The number of nitrogens with two attached hydrogens (primary N) is 1.